The zero-order valence-electron chi connectivity index (χ0n) is 18.0. The predicted molar refractivity (Wildman–Crippen MR) is 119 cm³/mol. The van der Waals surface area contributed by atoms with E-state index in [0.717, 1.165) is 31.4 Å². The van der Waals surface area contributed by atoms with Gasteiger partial charge in [0.1, 0.15) is 6.04 Å². The molecule has 33 heavy (non-hydrogen) atoms. The number of Topliss-reactive ketones (excluding diaryl/α,β-unsaturated/α-hetero) is 1. The number of thioether (sulfide) groups is 1. The number of halogens is 4. The van der Waals surface area contributed by atoms with Crippen LogP contribution in [0.4, 0.5) is 13.2 Å². The Morgan fingerprint density at radius 3 is 2.42 bits per heavy atom. The average molecular weight is 507 g/mol. The largest absolute Gasteiger partial charge is 0.416 e. The Bertz CT molecular complexity index is 918. The van der Waals surface area contributed by atoms with Crippen LogP contribution in [0, 0.1) is 5.92 Å². The highest BCUT2D eigenvalue weighted by Gasteiger charge is 2.33. The Hall–Kier alpha value is -2.11. The zero-order chi connectivity index (χ0) is 23.1. The van der Waals surface area contributed by atoms with Gasteiger partial charge in [0.05, 0.1) is 5.56 Å². The highest BCUT2D eigenvalue weighted by Crippen LogP contribution is 2.31. The van der Waals surface area contributed by atoms with E-state index in [-0.39, 0.29) is 40.9 Å². The molecule has 3 rings (SSSR count). The fraction of sp³-hybridized carbons (Fsp3) is 0.524. The Labute approximate surface area is 200 Å². The van der Waals surface area contributed by atoms with E-state index in [1.807, 2.05) is 0 Å². The molecule has 1 aromatic carbocycles. The van der Waals surface area contributed by atoms with Crippen molar-refractivity contribution < 1.29 is 27.2 Å². The molecular formula is C21H26ClF3N4O3S. The fourth-order valence-electron chi connectivity index (χ4n) is 3.52. The van der Waals surface area contributed by atoms with Crippen LogP contribution >= 0.6 is 24.2 Å². The summed E-state index contributed by atoms with van der Waals surface area (Å²) in [6.07, 6.45) is -0.169. The van der Waals surface area contributed by atoms with Crippen LogP contribution in [-0.4, -0.2) is 41.2 Å². The Morgan fingerprint density at radius 1 is 1.15 bits per heavy atom. The summed E-state index contributed by atoms with van der Waals surface area (Å²) in [5.41, 5.74) is -0.623. The Morgan fingerprint density at radius 2 is 1.82 bits per heavy atom. The Kier molecular flexibility index (Phi) is 10.2. The van der Waals surface area contributed by atoms with Crippen LogP contribution in [0.3, 0.4) is 0 Å². The van der Waals surface area contributed by atoms with Gasteiger partial charge in [-0.2, -0.15) is 13.2 Å². The molecule has 0 bridgehead atoms. The summed E-state index contributed by atoms with van der Waals surface area (Å²) in [6.45, 7) is 0.696. The quantitative estimate of drug-likeness (QED) is 0.295. The molecule has 7 nitrogen and oxygen atoms in total. The molecule has 0 spiro atoms. The molecule has 1 atom stereocenters. The van der Waals surface area contributed by atoms with Crippen molar-refractivity contribution in [2.45, 2.75) is 49.5 Å². The van der Waals surface area contributed by atoms with E-state index in [4.69, 9.17) is 4.42 Å². The molecule has 1 saturated carbocycles. The van der Waals surface area contributed by atoms with Gasteiger partial charge >= 0.3 is 6.18 Å². The monoisotopic (exact) mass is 506 g/mol. The second kappa shape index (κ2) is 12.4. The molecule has 182 valence electrons. The zero-order valence-corrected chi connectivity index (χ0v) is 19.6. The highest BCUT2D eigenvalue weighted by atomic mass is 35.5. The third-order valence-corrected chi connectivity index (χ3v) is 6.11. The highest BCUT2D eigenvalue weighted by molar-refractivity contribution is 7.99. The first kappa shape index (κ1) is 27.1. The normalized spacial score (nSPS) is 15.5. The summed E-state index contributed by atoms with van der Waals surface area (Å²) in [4.78, 5) is 25.9. The molecule has 1 aliphatic carbocycles. The van der Waals surface area contributed by atoms with Gasteiger partial charge in [-0.15, -0.1) is 22.6 Å². The third-order valence-electron chi connectivity index (χ3n) is 5.29. The maximum absolute atomic E-state index is 13.1. The third kappa shape index (κ3) is 7.44. The molecule has 2 aromatic rings. The first-order valence-electron chi connectivity index (χ1n) is 10.4. The van der Waals surface area contributed by atoms with Crippen molar-refractivity contribution >= 4 is 35.9 Å². The lowest BCUT2D eigenvalue weighted by Gasteiger charge is -2.24. The summed E-state index contributed by atoms with van der Waals surface area (Å²) >= 11 is 1.26. The van der Waals surface area contributed by atoms with Crippen LogP contribution in [-0.2, 0) is 11.0 Å². The lowest BCUT2D eigenvalue weighted by molar-refractivity contribution is -0.137. The van der Waals surface area contributed by atoms with Gasteiger partial charge in [-0.25, -0.2) is 0 Å². The molecule has 2 N–H and O–H groups in total. The summed E-state index contributed by atoms with van der Waals surface area (Å²) < 4.78 is 44.3. The van der Waals surface area contributed by atoms with Crippen molar-refractivity contribution in [2.24, 2.45) is 5.92 Å². The molecule has 1 amide bonds. The fourth-order valence-corrected chi connectivity index (χ4v) is 4.24. The number of hydrogen-bond donors (Lipinski definition) is 2. The minimum Gasteiger partial charge on any atom is -0.408 e. The number of nitrogens with one attached hydrogen (secondary N) is 2. The topological polar surface area (TPSA) is 97.1 Å². The first-order valence-corrected chi connectivity index (χ1v) is 11.4. The minimum absolute atomic E-state index is 0. The van der Waals surface area contributed by atoms with E-state index in [1.54, 1.807) is 7.05 Å². The maximum Gasteiger partial charge on any atom is 0.416 e. The second-order valence-electron chi connectivity index (χ2n) is 7.59. The van der Waals surface area contributed by atoms with Crippen molar-refractivity contribution in [3.05, 3.63) is 41.3 Å². The smallest absolute Gasteiger partial charge is 0.408 e. The molecule has 0 saturated heterocycles. The van der Waals surface area contributed by atoms with E-state index in [2.05, 4.69) is 20.8 Å². The van der Waals surface area contributed by atoms with Crippen molar-refractivity contribution in [3.8, 4) is 0 Å². The van der Waals surface area contributed by atoms with Gasteiger partial charge in [-0.1, -0.05) is 43.2 Å². The number of rotatable bonds is 9. The van der Waals surface area contributed by atoms with Crippen molar-refractivity contribution in [3.63, 3.8) is 0 Å². The molecule has 0 radical (unpaired) electrons. The lowest BCUT2D eigenvalue weighted by Crippen LogP contribution is -2.38. The minimum atomic E-state index is -4.50. The lowest BCUT2D eigenvalue weighted by atomic mass is 9.88. The van der Waals surface area contributed by atoms with E-state index in [0.29, 0.717) is 25.1 Å². The number of amides is 1. The van der Waals surface area contributed by atoms with Crippen molar-refractivity contribution in [1.82, 2.24) is 20.8 Å². The number of carbonyl (C=O) groups excluding carboxylic acids is 2. The van der Waals surface area contributed by atoms with Gasteiger partial charge < -0.3 is 15.1 Å². The van der Waals surface area contributed by atoms with Gasteiger partial charge in [0.2, 0.25) is 11.7 Å². The summed E-state index contributed by atoms with van der Waals surface area (Å²) in [6, 6.07) is 2.92. The predicted octanol–water partition coefficient (Wildman–Crippen LogP) is 4.44. The van der Waals surface area contributed by atoms with Gasteiger partial charge in [-0.05, 0) is 37.6 Å². The molecular weight excluding hydrogens is 481 g/mol. The number of carbonyl (C=O) groups is 2. The van der Waals surface area contributed by atoms with Crippen LogP contribution in [0.5, 0.6) is 0 Å². The standard InChI is InChI=1S/C21H25F3N4O3S.ClH/c1-25-11-12-32-20-28-27-19(31-20)17(29)16(26-18(30)14-5-3-2-4-6-14)13-7-9-15(10-8-13)21(22,23)24;/h7-10,14,16,25H,2-6,11-12H2,1H3,(H,26,30);1H. The summed E-state index contributed by atoms with van der Waals surface area (Å²) in [5.74, 6) is -0.852. The second-order valence-corrected chi connectivity index (χ2v) is 8.63. The molecule has 0 aliphatic heterocycles. The van der Waals surface area contributed by atoms with Gasteiger partial charge in [0.25, 0.3) is 11.1 Å². The SMILES string of the molecule is CNCCSc1nnc(C(=O)C(NC(=O)C2CCCCC2)c2ccc(C(F)(F)F)cc2)o1.Cl. The number of benzene rings is 1. The number of aromatic nitrogens is 2. The van der Waals surface area contributed by atoms with E-state index >= 15 is 0 Å². The van der Waals surface area contributed by atoms with Crippen LogP contribution in [0.2, 0.25) is 0 Å². The van der Waals surface area contributed by atoms with Gasteiger partial charge in [0.15, 0.2) is 0 Å². The Balaban J connectivity index is 0.00000385. The van der Waals surface area contributed by atoms with Crippen molar-refractivity contribution in [2.75, 3.05) is 19.3 Å². The molecule has 1 unspecified atom stereocenters. The van der Waals surface area contributed by atoms with Crippen LogP contribution in [0.1, 0.15) is 60.0 Å². The van der Waals surface area contributed by atoms with E-state index < -0.39 is 23.6 Å². The van der Waals surface area contributed by atoms with Crippen molar-refractivity contribution in [1.29, 1.82) is 0 Å². The first-order chi connectivity index (χ1) is 15.3. The summed E-state index contributed by atoms with van der Waals surface area (Å²) in [7, 11) is 1.80. The number of nitrogens with zero attached hydrogens (tertiary/aromatic N) is 2. The van der Waals surface area contributed by atoms with E-state index in [1.165, 1.54) is 23.9 Å². The van der Waals surface area contributed by atoms with Crippen LogP contribution in [0.15, 0.2) is 33.9 Å². The molecule has 1 heterocycles. The maximum atomic E-state index is 13.1. The van der Waals surface area contributed by atoms with Crippen LogP contribution < -0.4 is 10.6 Å². The molecule has 1 aromatic heterocycles. The molecule has 1 aliphatic rings. The number of alkyl halides is 3. The average Bonchev–Trinajstić information content (AvgIpc) is 3.26. The van der Waals surface area contributed by atoms with Gasteiger partial charge in [-0.3, -0.25) is 9.59 Å². The van der Waals surface area contributed by atoms with E-state index in [9.17, 15) is 22.8 Å². The summed E-state index contributed by atoms with van der Waals surface area (Å²) in [5, 5.41) is 13.5. The molecule has 1 fully saturated rings. The number of hydrogen-bond acceptors (Lipinski definition) is 7. The molecule has 12 heteroatoms. The van der Waals surface area contributed by atoms with Gasteiger partial charge in [0, 0.05) is 18.2 Å². The van der Waals surface area contributed by atoms with Crippen LogP contribution in [0.25, 0.3) is 0 Å². The number of ketones is 1.